The summed E-state index contributed by atoms with van der Waals surface area (Å²) in [5.41, 5.74) is 7.09. The molecule has 9 amide bonds. The molecule has 472 valence electrons. The monoisotopic (exact) mass is 1240 g/mol. The van der Waals surface area contributed by atoms with Crippen molar-refractivity contribution in [1.82, 2.24) is 47.9 Å². The Morgan fingerprint density at radius 2 is 1.28 bits per heavy atom. The Kier molecular flexibility index (Phi) is 30.6. The van der Waals surface area contributed by atoms with E-state index in [1.165, 1.54) is 60.3 Å². The van der Waals surface area contributed by atoms with Crippen molar-refractivity contribution in [3.63, 3.8) is 0 Å². The van der Waals surface area contributed by atoms with Gasteiger partial charge in [0, 0.05) is 31.6 Å². The molecule has 1 fully saturated rings. The van der Waals surface area contributed by atoms with Crippen LogP contribution in [-0.2, 0) is 81.4 Å². The number of phenols is 2. The van der Waals surface area contributed by atoms with Gasteiger partial charge in [0.1, 0.15) is 73.0 Å². The van der Waals surface area contributed by atoms with Crippen LogP contribution in [0, 0.1) is 5.92 Å². The lowest BCUT2D eigenvalue weighted by molar-refractivity contribution is -0.151. The Balaban J connectivity index is 1.60. The molecule has 0 bridgehead atoms. The summed E-state index contributed by atoms with van der Waals surface area (Å²) >= 11 is 5.32. The number of thiol groups is 1. The zero-order chi connectivity index (χ0) is 63.3. The molecule has 1 aliphatic heterocycles. The van der Waals surface area contributed by atoms with Crippen molar-refractivity contribution in [3.8, 4) is 11.5 Å². The maximum Gasteiger partial charge on any atom is 0.328 e. The molecule has 2 unspecified atom stereocenters. The number of ether oxygens (including phenoxy) is 3. The first-order valence-electron chi connectivity index (χ1n) is 27.8. The van der Waals surface area contributed by atoms with Crippen molar-refractivity contribution >= 4 is 83.5 Å². The minimum absolute atomic E-state index is 0.0177. The molecule has 27 nitrogen and oxygen atoms in total. The van der Waals surface area contributed by atoms with Gasteiger partial charge in [-0.05, 0) is 72.2 Å². The van der Waals surface area contributed by atoms with E-state index in [1.807, 2.05) is 0 Å². The summed E-state index contributed by atoms with van der Waals surface area (Å²) in [5.74, 6) is -9.53. The van der Waals surface area contributed by atoms with Crippen LogP contribution in [0.4, 0.5) is 0 Å². The van der Waals surface area contributed by atoms with Crippen molar-refractivity contribution in [2.75, 3.05) is 63.9 Å². The maximum atomic E-state index is 14.6. The number of amides is 9. The van der Waals surface area contributed by atoms with E-state index >= 15 is 0 Å². The average Bonchev–Trinajstić information content (AvgIpc) is 3.19. The number of phenolic OH excluding ortho intramolecular Hbond substituents is 2. The van der Waals surface area contributed by atoms with Crippen LogP contribution >= 0.6 is 24.4 Å². The number of aliphatic hydroxyl groups is 2. The highest BCUT2D eigenvalue weighted by atomic mass is 32.2. The molecule has 1 heterocycles. The zero-order valence-corrected chi connectivity index (χ0v) is 50.0. The molecular formula is C57H80N10O17S2. The predicted molar refractivity (Wildman–Crippen MR) is 318 cm³/mol. The van der Waals surface area contributed by atoms with Gasteiger partial charge < -0.3 is 88.2 Å². The number of carbonyl (C=O) groups is 10. The summed E-state index contributed by atoms with van der Waals surface area (Å²) in [6.45, 7) is 2.24. The lowest BCUT2D eigenvalue weighted by atomic mass is 9.96. The Morgan fingerprint density at radius 1 is 0.709 bits per heavy atom. The largest absolute Gasteiger partial charge is 0.508 e. The number of nitrogens with one attached hydrogen (secondary N) is 9. The number of esters is 1. The van der Waals surface area contributed by atoms with Crippen LogP contribution in [0.1, 0.15) is 50.3 Å². The van der Waals surface area contributed by atoms with Gasteiger partial charge >= 0.3 is 5.97 Å². The number of rotatable bonds is 30. The minimum Gasteiger partial charge on any atom is -0.508 e. The molecule has 29 heteroatoms. The second kappa shape index (κ2) is 37.1. The van der Waals surface area contributed by atoms with Crippen LogP contribution < -0.4 is 53.6 Å². The quantitative estimate of drug-likeness (QED) is 0.0181. The van der Waals surface area contributed by atoms with Crippen molar-refractivity contribution < 1.29 is 82.6 Å². The second-order valence-electron chi connectivity index (χ2n) is 20.3. The molecule has 4 rings (SSSR count). The van der Waals surface area contributed by atoms with Gasteiger partial charge in [-0.1, -0.05) is 74.9 Å². The smallest absolute Gasteiger partial charge is 0.328 e. The molecular weight excluding hydrogens is 1160 g/mol. The zero-order valence-electron chi connectivity index (χ0n) is 48.3. The van der Waals surface area contributed by atoms with Gasteiger partial charge in [0.25, 0.3) is 0 Å². The number of aliphatic hydroxyl groups excluding tert-OH is 2. The van der Waals surface area contributed by atoms with Crippen molar-refractivity contribution in [2.24, 2.45) is 11.7 Å². The fourth-order valence-electron chi connectivity index (χ4n) is 8.38. The highest BCUT2D eigenvalue weighted by Gasteiger charge is 2.38. The maximum absolute atomic E-state index is 14.6. The predicted octanol–water partition coefficient (Wildman–Crippen LogP) is -2.86. The summed E-state index contributed by atoms with van der Waals surface area (Å²) in [7, 11) is 0. The van der Waals surface area contributed by atoms with Crippen LogP contribution in [0.5, 0.6) is 11.5 Å². The first-order valence-corrected chi connectivity index (χ1v) is 29.9. The average molecular weight is 1240 g/mol. The Morgan fingerprint density at radius 3 is 1.87 bits per heavy atom. The lowest BCUT2D eigenvalue weighted by Gasteiger charge is -2.30. The molecule has 1 saturated heterocycles. The van der Waals surface area contributed by atoms with Crippen LogP contribution in [-0.4, -0.2) is 204 Å². The van der Waals surface area contributed by atoms with Gasteiger partial charge in [0.15, 0.2) is 0 Å². The Hall–Kier alpha value is -7.54. The van der Waals surface area contributed by atoms with E-state index in [9.17, 15) is 68.4 Å². The van der Waals surface area contributed by atoms with E-state index in [4.69, 9.17) is 19.9 Å². The summed E-state index contributed by atoms with van der Waals surface area (Å²) in [5, 5.41) is 64.1. The summed E-state index contributed by atoms with van der Waals surface area (Å²) in [4.78, 5) is 139. The van der Waals surface area contributed by atoms with Crippen LogP contribution in [0.25, 0.3) is 0 Å². The normalized spacial score (nSPS) is 19.9. The van der Waals surface area contributed by atoms with E-state index in [0.717, 1.165) is 6.92 Å². The second-order valence-corrected chi connectivity index (χ2v) is 21.6. The molecule has 15 N–H and O–H groups in total. The third-order valence-electron chi connectivity index (χ3n) is 13.5. The van der Waals surface area contributed by atoms with E-state index in [0.29, 0.717) is 28.9 Å². The minimum atomic E-state index is -1.97. The summed E-state index contributed by atoms with van der Waals surface area (Å²) in [6.07, 6.45) is -0.147. The standard InChI is InChI=1S/C57H80N10O17S2/c1-5-32(2)47-55(79)61-40(19-24-86-4)57(81)84-29-45(54(78)63-42(27-36-13-17-38(71)18-14-36)51(75)62-43(52(76)66-47)25-34-9-7-6-8-10-34)65-56(80)48(33(3)69)67-53(77)44(28-68)64-50(74)41(26-35-11-15-37(70)16-12-35)60-46(72)30-83-23-22-82-21-20-59-49(73)39(58)31-85/h6-18,32-33,39-45,47-48,68-71,85H,5,19-31,58H2,1-4H3,(H,59,73)(H,60,72)(H,61,79)(H,62,75)(H,63,78)(H,64,74)(H,65,80)(H,66,76)(H,67,77)/t32?,33?,39-,40-,41-,42-,43-,44-,45-,47-,48-/m0/s1. The molecule has 3 aromatic carbocycles. The molecule has 0 spiro atoms. The van der Waals surface area contributed by atoms with Gasteiger partial charge in [-0.15, -0.1) is 0 Å². The third-order valence-corrected chi connectivity index (χ3v) is 14.6. The number of thioether (sulfide) groups is 1. The highest BCUT2D eigenvalue weighted by Crippen LogP contribution is 2.16. The van der Waals surface area contributed by atoms with Crippen molar-refractivity contribution in [2.45, 2.75) is 113 Å². The number of nitrogens with two attached hydrogens (primary N) is 1. The molecule has 1 aliphatic rings. The first-order chi connectivity index (χ1) is 41.1. The van der Waals surface area contributed by atoms with Gasteiger partial charge in [-0.3, -0.25) is 43.2 Å². The van der Waals surface area contributed by atoms with Crippen LogP contribution in [0.3, 0.4) is 0 Å². The van der Waals surface area contributed by atoms with Gasteiger partial charge in [-0.2, -0.15) is 24.4 Å². The Bertz CT molecular complexity index is 2720. The molecule has 0 radical (unpaired) electrons. The number of carbonyl (C=O) groups excluding carboxylic acids is 10. The number of benzene rings is 3. The van der Waals surface area contributed by atoms with Crippen LogP contribution in [0.2, 0.25) is 0 Å². The number of aromatic hydroxyl groups is 2. The molecule has 0 saturated carbocycles. The van der Waals surface area contributed by atoms with Gasteiger partial charge in [0.2, 0.25) is 53.2 Å². The van der Waals surface area contributed by atoms with Gasteiger partial charge in [0.05, 0.1) is 38.6 Å². The van der Waals surface area contributed by atoms with Gasteiger partial charge in [-0.25, -0.2) is 4.79 Å². The number of hydrogen-bond donors (Lipinski definition) is 15. The van der Waals surface area contributed by atoms with E-state index in [1.54, 1.807) is 50.4 Å². The highest BCUT2D eigenvalue weighted by molar-refractivity contribution is 7.98. The van der Waals surface area contributed by atoms with Crippen molar-refractivity contribution in [3.05, 3.63) is 95.6 Å². The molecule has 0 aliphatic carbocycles. The van der Waals surface area contributed by atoms with E-state index in [-0.39, 0.29) is 69.3 Å². The van der Waals surface area contributed by atoms with E-state index < -0.39 is 145 Å². The molecule has 11 atom stereocenters. The molecule has 0 aromatic heterocycles. The number of hydrogen-bond acceptors (Lipinski definition) is 20. The molecule has 3 aromatic rings. The fraction of sp³-hybridized carbons (Fsp3) is 0.509. The third kappa shape index (κ3) is 24.1. The first kappa shape index (κ1) is 70.9. The topological polar surface area (TPSA) is 414 Å². The summed E-state index contributed by atoms with van der Waals surface area (Å²) in [6, 6.07) is 6.47. The molecule has 86 heavy (non-hydrogen) atoms. The number of cyclic esters (lactones) is 1. The summed E-state index contributed by atoms with van der Waals surface area (Å²) < 4.78 is 16.4. The van der Waals surface area contributed by atoms with E-state index in [2.05, 4.69) is 60.5 Å². The van der Waals surface area contributed by atoms with Crippen molar-refractivity contribution in [1.29, 1.82) is 0 Å². The van der Waals surface area contributed by atoms with Crippen LogP contribution in [0.15, 0.2) is 78.9 Å². The SMILES string of the molecule is CCC(C)[C@@H]1NC(=O)[C@H](Cc2ccccc2)NC(=O)[C@H](Cc2ccc(O)cc2)NC(=O)[C@@H](NC(=O)[C@@H](NC(=O)[C@H](CO)NC(=O)[C@H](Cc2ccc(O)cc2)NC(=O)COCCOCCNC(=O)[C@@H](N)CS)C(C)O)COC(=O)[C@H](CCSC)NC1=O. The fourth-order valence-corrected chi connectivity index (χ4v) is 9.01. The Labute approximate surface area is 507 Å². The lowest BCUT2D eigenvalue weighted by Crippen LogP contribution is -2.63.